The molecule has 6 heteroatoms. The van der Waals surface area contributed by atoms with E-state index in [1.54, 1.807) is 24.5 Å². The van der Waals surface area contributed by atoms with Gasteiger partial charge in [-0.1, -0.05) is 41.5 Å². The summed E-state index contributed by atoms with van der Waals surface area (Å²) in [6.45, 7) is 0. The molecule has 1 aromatic carbocycles. The van der Waals surface area contributed by atoms with Gasteiger partial charge in [0, 0.05) is 30.6 Å². The number of aromatic nitrogens is 1. The van der Waals surface area contributed by atoms with E-state index in [4.69, 9.17) is 16.3 Å². The minimum absolute atomic E-state index is 0.0354. The number of carbonyl (C=O) groups excluding carboxylic acids is 1. The number of pyridine rings is 1. The SMILES string of the molecule is CN=NC(=O)OC(CCl)(c1ccccc1)c1cccnc1. The minimum Gasteiger partial charge on any atom is -0.429 e. The Morgan fingerprint density at radius 2 is 1.95 bits per heavy atom. The number of alkyl halides is 1. The molecule has 0 spiro atoms. The lowest BCUT2D eigenvalue weighted by Gasteiger charge is -2.31. The van der Waals surface area contributed by atoms with Crippen LogP contribution in [0.15, 0.2) is 65.1 Å². The summed E-state index contributed by atoms with van der Waals surface area (Å²) in [6.07, 6.45) is 2.46. The first-order chi connectivity index (χ1) is 10.2. The van der Waals surface area contributed by atoms with E-state index in [1.165, 1.54) is 7.05 Å². The monoisotopic (exact) mass is 303 g/mol. The molecule has 0 aliphatic carbocycles. The Balaban J connectivity index is 2.54. The lowest BCUT2D eigenvalue weighted by atomic mass is 9.89. The zero-order chi connectivity index (χ0) is 15.1. The molecule has 1 heterocycles. The van der Waals surface area contributed by atoms with Gasteiger partial charge in [0.05, 0.1) is 5.88 Å². The van der Waals surface area contributed by atoms with Crippen LogP contribution in [0.3, 0.4) is 0 Å². The van der Waals surface area contributed by atoms with E-state index in [1.807, 2.05) is 30.3 Å². The highest BCUT2D eigenvalue weighted by Gasteiger charge is 2.38. The summed E-state index contributed by atoms with van der Waals surface area (Å²) in [4.78, 5) is 15.9. The van der Waals surface area contributed by atoms with Gasteiger partial charge < -0.3 is 4.74 Å². The maximum absolute atomic E-state index is 11.8. The van der Waals surface area contributed by atoms with Crippen molar-refractivity contribution in [3.63, 3.8) is 0 Å². The summed E-state index contributed by atoms with van der Waals surface area (Å²) < 4.78 is 5.53. The lowest BCUT2D eigenvalue weighted by Crippen LogP contribution is -2.35. The maximum atomic E-state index is 11.8. The van der Waals surface area contributed by atoms with Crippen molar-refractivity contribution in [2.45, 2.75) is 5.60 Å². The van der Waals surface area contributed by atoms with Gasteiger partial charge in [-0.05, 0) is 6.07 Å². The first-order valence-corrected chi connectivity index (χ1v) is 6.81. The number of hydrogen-bond acceptors (Lipinski definition) is 4. The molecule has 21 heavy (non-hydrogen) atoms. The molecular weight excluding hydrogens is 290 g/mol. The first-order valence-electron chi connectivity index (χ1n) is 6.28. The largest absolute Gasteiger partial charge is 0.453 e. The Morgan fingerprint density at radius 1 is 1.24 bits per heavy atom. The van der Waals surface area contributed by atoms with E-state index >= 15 is 0 Å². The molecule has 0 aliphatic rings. The highest BCUT2D eigenvalue weighted by atomic mass is 35.5. The molecule has 0 fully saturated rings. The second-order valence-corrected chi connectivity index (χ2v) is 4.50. The standard InChI is InChI=1S/C15H14ClN3O2/c1-17-19-14(20)21-15(11-16,12-6-3-2-4-7-12)13-8-5-9-18-10-13/h2-10H,11H2,1H3. The van der Waals surface area contributed by atoms with Crippen LogP contribution in [0.4, 0.5) is 4.79 Å². The van der Waals surface area contributed by atoms with Crippen LogP contribution in [-0.2, 0) is 10.3 Å². The summed E-state index contributed by atoms with van der Waals surface area (Å²) in [6, 6.07) is 12.8. The number of hydrogen-bond donors (Lipinski definition) is 0. The quantitative estimate of drug-likeness (QED) is 0.637. The summed E-state index contributed by atoms with van der Waals surface area (Å²) in [5.74, 6) is 0.0354. The molecule has 1 aromatic heterocycles. The zero-order valence-corrected chi connectivity index (χ0v) is 12.2. The van der Waals surface area contributed by atoms with Crippen LogP contribution < -0.4 is 0 Å². The normalized spacial score (nSPS) is 13.8. The zero-order valence-electron chi connectivity index (χ0n) is 11.4. The molecule has 0 saturated carbocycles. The Hall–Kier alpha value is -2.27. The smallest absolute Gasteiger partial charge is 0.429 e. The molecule has 5 nitrogen and oxygen atoms in total. The second-order valence-electron chi connectivity index (χ2n) is 4.24. The van der Waals surface area contributed by atoms with Crippen LogP contribution in [-0.4, -0.2) is 24.0 Å². The van der Waals surface area contributed by atoms with Gasteiger partial charge in [0.25, 0.3) is 0 Å². The van der Waals surface area contributed by atoms with Crippen molar-refractivity contribution in [3.05, 3.63) is 66.0 Å². The Bertz CT molecular complexity index is 578. The number of halogens is 1. The minimum atomic E-state index is -1.15. The molecule has 2 aromatic rings. The fraction of sp³-hybridized carbons (Fsp3) is 0.200. The molecule has 2 rings (SSSR count). The molecule has 1 amide bonds. The van der Waals surface area contributed by atoms with Crippen molar-refractivity contribution in [2.75, 3.05) is 12.9 Å². The van der Waals surface area contributed by atoms with E-state index in [9.17, 15) is 4.79 Å². The van der Waals surface area contributed by atoms with Crippen molar-refractivity contribution >= 4 is 17.7 Å². The molecule has 0 N–H and O–H groups in total. The van der Waals surface area contributed by atoms with Crippen LogP contribution in [0.1, 0.15) is 11.1 Å². The summed E-state index contributed by atoms with van der Waals surface area (Å²) in [7, 11) is 1.40. The molecule has 0 aliphatic heterocycles. The van der Waals surface area contributed by atoms with Gasteiger partial charge in [-0.25, -0.2) is 4.79 Å². The topological polar surface area (TPSA) is 63.9 Å². The predicted octanol–water partition coefficient (Wildman–Crippen LogP) is 3.78. The maximum Gasteiger partial charge on any atom is 0.453 e. The van der Waals surface area contributed by atoms with Gasteiger partial charge >= 0.3 is 6.09 Å². The fourth-order valence-electron chi connectivity index (χ4n) is 2.03. The van der Waals surface area contributed by atoms with Gasteiger partial charge in [0.15, 0.2) is 5.60 Å². The summed E-state index contributed by atoms with van der Waals surface area (Å²) >= 11 is 6.16. The average molecular weight is 304 g/mol. The number of azo groups is 1. The van der Waals surface area contributed by atoms with Crippen LogP contribution in [0.2, 0.25) is 0 Å². The molecule has 1 atom stereocenters. The molecule has 0 bridgehead atoms. The Morgan fingerprint density at radius 3 is 2.52 bits per heavy atom. The van der Waals surface area contributed by atoms with Crippen LogP contribution in [0, 0.1) is 0 Å². The van der Waals surface area contributed by atoms with E-state index < -0.39 is 11.7 Å². The van der Waals surface area contributed by atoms with E-state index in [0.717, 1.165) is 5.56 Å². The average Bonchev–Trinajstić information content (AvgIpc) is 2.54. The highest BCUT2D eigenvalue weighted by Crippen LogP contribution is 2.35. The molecular formula is C15H14ClN3O2. The third-order valence-corrected chi connectivity index (χ3v) is 3.38. The number of nitrogens with zero attached hydrogens (tertiary/aromatic N) is 3. The fourth-order valence-corrected chi connectivity index (χ4v) is 2.39. The molecule has 0 saturated heterocycles. The predicted molar refractivity (Wildman–Crippen MR) is 79.4 cm³/mol. The van der Waals surface area contributed by atoms with Gasteiger partial charge in [0.2, 0.25) is 0 Å². The number of benzene rings is 1. The van der Waals surface area contributed by atoms with E-state index in [2.05, 4.69) is 15.2 Å². The van der Waals surface area contributed by atoms with E-state index in [-0.39, 0.29) is 5.88 Å². The van der Waals surface area contributed by atoms with Crippen molar-refractivity contribution in [3.8, 4) is 0 Å². The van der Waals surface area contributed by atoms with Crippen molar-refractivity contribution in [1.82, 2.24) is 4.98 Å². The second kappa shape index (κ2) is 6.95. The van der Waals surface area contributed by atoms with Crippen LogP contribution >= 0.6 is 11.6 Å². The Kier molecular flexibility index (Phi) is 5.00. The van der Waals surface area contributed by atoms with Crippen molar-refractivity contribution < 1.29 is 9.53 Å². The van der Waals surface area contributed by atoms with Crippen LogP contribution in [0.5, 0.6) is 0 Å². The first kappa shape index (κ1) is 15.1. The Labute approximate surface area is 127 Å². The third-order valence-electron chi connectivity index (χ3n) is 3.00. The van der Waals surface area contributed by atoms with Crippen molar-refractivity contribution in [2.24, 2.45) is 10.2 Å². The number of ether oxygens (including phenoxy) is 1. The summed E-state index contributed by atoms with van der Waals surface area (Å²) in [5.41, 5.74) is 0.265. The number of carbonyl (C=O) groups is 1. The van der Waals surface area contributed by atoms with Gasteiger partial charge in [-0.15, -0.1) is 11.6 Å². The molecule has 108 valence electrons. The van der Waals surface area contributed by atoms with E-state index in [0.29, 0.717) is 5.56 Å². The van der Waals surface area contributed by atoms with Crippen molar-refractivity contribution in [1.29, 1.82) is 0 Å². The van der Waals surface area contributed by atoms with Gasteiger partial charge in [0.1, 0.15) is 0 Å². The van der Waals surface area contributed by atoms with Gasteiger partial charge in [-0.3, -0.25) is 4.98 Å². The molecule has 0 radical (unpaired) electrons. The summed E-state index contributed by atoms with van der Waals surface area (Å²) in [5, 5.41) is 6.83. The highest BCUT2D eigenvalue weighted by molar-refractivity contribution is 6.19. The van der Waals surface area contributed by atoms with Gasteiger partial charge in [-0.2, -0.15) is 5.11 Å². The molecule has 1 unspecified atom stereocenters. The number of rotatable bonds is 4. The number of amides is 1. The van der Waals surface area contributed by atoms with Crippen LogP contribution in [0.25, 0.3) is 0 Å². The lowest BCUT2D eigenvalue weighted by molar-refractivity contribution is 0.0609. The third kappa shape index (κ3) is 3.25.